The highest BCUT2D eigenvalue weighted by atomic mass is 35.5. The lowest BCUT2D eigenvalue weighted by atomic mass is 9.84. The number of amides is 1. The van der Waals surface area contributed by atoms with Crippen molar-refractivity contribution in [1.29, 1.82) is 0 Å². The van der Waals surface area contributed by atoms with Gasteiger partial charge >= 0.3 is 0 Å². The largest absolute Gasteiger partial charge is 0.495 e. The monoisotopic (exact) mass is 412 g/mol. The minimum atomic E-state index is -0.628. The van der Waals surface area contributed by atoms with Gasteiger partial charge in [-0.1, -0.05) is 11.6 Å². The number of pyridine rings is 1. The Balaban J connectivity index is 1.60. The predicted molar refractivity (Wildman–Crippen MR) is 107 cm³/mol. The van der Waals surface area contributed by atoms with Crippen molar-refractivity contribution in [2.75, 3.05) is 12.4 Å². The number of nitrogens with one attached hydrogen (secondary N) is 2. The number of ketones is 1. The molecule has 0 saturated heterocycles. The summed E-state index contributed by atoms with van der Waals surface area (Å²) in [5.41, 5.74) is 0.568. The summed E-state index contributed by atoms with van der Waals surface area (Å²) in [6.45, 7) is 0. The molecule has 2 aromatic heterocycles. The molecule has 1 amide bonds. The number of aromatic nitrogens is 1. The molecule has 3 aromatic rings. The molecule has 8 heteroatoms. The molecule has 0 aliphatic heterocycles. The number of hydrogen-bond acceptors (Lipinski definition) is 5. The number of aromatic amines is 1. The molecule has 2 N–H and O–H groups in total. The van der Waals surface area contributed by atoms with Crippen molar-refractivity contribution in [1.82, 2.24) is 4.98 Å². The molecule has 0 bridgehead atoms. The predicted octanol–water partition coefficient (Wildman–Crippen LogP) is 3.79. The molecular weight excluding hydrogens is 396 g/mol. The number of benzene rings is 1. The van der Waals surface area contributed by atoms with Crippen LogP contribution < -0.4 is 15.6 Å². The molecule has 0 fully saturated rings. The topological polar surface area (TPSA) is 101 Å². The summed E-state index contributed by atoms with van der Waals surface area (Å²) >= 11 is 6.06. The van der Waals surface area contributed by atoms with E-state index in [1.165, 1.54) is 19.2 Å². The fourth-order valence-corrected chi connectivity index (χ4v) is 3.72. The van der Waals surface area contributed by atoms with E-state index in [4.69, 9.17) is 20.8 Å². The molecule has 148 valence electrons. The van der Waals surface area contributed by atoms with Gasteiger partial charge in [-0.3, -0.25) is 14.4 Å². The average Bonchev–Trinajstić information content (AvgIpc) is 3.22. The van der Waals surface area contributed by atoms with Gasteiger partial charge in [-0.05, 0) is 42.8 Å². The lowest BCUT2D eigenvalue weighted by molar-refractivity contribution is 0.0959. The van der Waals surface area contributed by atoms with E-state index in [-0.39, 0.29) is 23.7 Å². The van der Waals surface area contributed by atoms with Crippen LogP contribution in [0.5, 0.6) is 5.75 Å². The van der Waals surface area contributed by atoms with Gasteiger partial charge in [0.2, 0.25) is 0 Å². The smallest absolute Gasteiger partial charge is 0.261 e. The molecular formula is C21H17ClN2O5. The maximum Gasteiger partial charge on any atom is 0.261 e. The minimum Gasteiger partial charge on any atom is -0.495 e. The highest BCUT2D eigenvalue weighted by Gasteiger charge is 2.30. The van der Waals surface area contributed by atoms with Crippen LogP contribution in [-0.2, 0) is 6.42 Å². The Morgan fingerprint density at radius 1 is 1.24 bits per heavy atom. The van der Waals surface area contributed by atoms with Crippen molar-refractivity contribution >= 4 is 29.0 Å². The molecule has 1 atom stereocenters. The number of carbonyl (C=O) groups excluding carboxylic acids is 2. The first-order valence-corrected chi connectivity index (χ1v) is 9.31. The van der Waals surface area contributed by atoms with Gasteiger partial charge in [0.15, 0.2) is 5.78 Å². The summed E-state index contributed by atoms with van der Waals surface area (Å²) in [4.78, 5) is 40.4. The van der Waals surface area contributed by atoms with E-state index in [0.29, 0.717) is 39.9 Å². The van der Waals surface area contributed by atoms with Crippen molar-refractivity contribution in [3.63, 3.8) is 0 Å². The molecule has 0 saturated carbocycles. The quantitative estimate of drug-likeness (QED) is 0.678. The second kappa shape index (κ2) is 7.60. The van der Waals surface area contributed by atoms with Crippen molar-refractivity contribution in [2.24, 2.45) is 0 Å². The van der Waals surface area contributed by atoms with Crippen LogP contribution in [0.15, 0.2) is 51.9 Å². The van der Waals surface area contributed by atoms with E-state index in [1.807, 2.05) is 6.07 Å². The first kappa shape index (κ1) is 19.0. The highest BCUT2D eigenvalue weighted by Crippen LogP contribution is 2.32. The normalized spacial score (nSPS) is 15.7. The molecule has 2 heterocycles. The summed E-state index contributed by atoms with van der Waals surface area (Å²) in [6, 6.07) is 9.65. The molecule has 7 nitrogen and oxygen atoms in total. The maximum atomic E-state index is 12.6. The van der Waals surface area contributed by atoms with Gasteiger partial charge < -0.3 is 19.5 Å². The number of ether oxygens (including phenoxy) is 1. The van der Waals surface area contributed by atoms with Gasteiger partial charge in [0.25, 0.3) is 11.5 Å². The SMILES string of the molecule is COc1ccc(NC(=O)c2cc3c([nH]c2=O)C[C@H](c2ccco2)CC3=O)cc1Cl. The summed E-state index contributed by atoms with van der Waals surface area (Å²) in [5, 5.41) is 2.94. The molecule has 1 aliphatic carbocycles. The van der Waals surface area contributed by atoms with Crippen molar-refractivity contribution in [3.05, 3.63) is 80.6 Å². The van der Waals surface area contributed by atoms with Crippen LogP contribution in [0.3, 0.4) is 0 Å². The Bertz CT molecular complexity index is 1150. The third kappa shape index (κ3) is 3.69. The van der Waals surface area contributed by atoms with E-state index in [0.717, 1.165) is 0 Å². The molecule has 29 heavy (non-hydrogen) atoms. The molecule has 1 aromatic carbocycles. The number of fused-ring (bicyclic) bond motifs is 1. The number of H-pyrrole nitrogens is 1. The van der Waals surface area contributed by atoms with Crippen LogP contribution in [0.2, 0.25) is 5.02 Å². The summed E-state index contributed by atoms with van der Waals surface area (Å²) in [7, 11) is 1.49. The van der Waals surface area contributed by atoms with Gasteiger partial charge in [0.05, 0.1) is 18.4 Å². The Labute approximate surface area is 170 Å². The van der Waals surface area contributed by atoms with E-state index < -0.39 is 11.5 Å². The van der Waals surface area contributed by atoms with E-state index >= 15 is 0 Å². The highest BCUT2D eigenvalue weighted by molar-refractivity contribution is 6.32. The van der Waals surface area contributed by atoms with Gasteiger partial charge in [-0.15, -0.1) is 0 Å². The number of rotatable bonds is 4. The van der Waals surface area contributed by atoms with Crippen LogP contribution >= 0.6 is 11.6 Å². The Morgan fingerprint density at radius 3 is 2.76 bits per heavy atom. The number of hydrogen-bond donors (Lipinski definition) is 2. The van der Waals surface area contributed by atoms with Gasteiger partial charge in [-0.2, -0.15) is 0 Å². The lowest BCUT2D eigenvalue weighted by Gasteiger charge is -2.22. The maximum absolute atomic E-state index is 12.6. The summed E-state index contributed by atoms with van der Waals surface area (Å²) in [6.07, 6.45) is 2.26. The van der Waals surface area contributed by atoms with E-state index in [2.05, 4.69) is 10.3 Å². The molecule has 0 unspecified atom stereocenters. The first-order valence-electron chi connectivity index (χ1n) is 8.94. The number of methoxy groups -OCH3 is 1. The summed E-state index contributed by atoms with van der Waals surface area (Å²) in [5.74, 6) is 0.250. The van der Waals surface area contributed by atoms with Crippen LogP contribution in [0.25, 0.3) is 0 Å². The number of anilines is 1. The van der Waals surface area contributed by atoms with E-state index in [9.17, 15) is 14.4 Å². The zero-order valence-electron chi connectivity index (χ0n) is 15.5. The second-order valence-corrected chi connectivity index (χ2v) is 7.16. The van der Waals surface area contributed by atoms with Crippen LogP contribution in [0.1, 0.15) is 44.5 Å². The van der Waals surface area contributed by atoms with Crippen LogP contribution in [0.4, 0.5) is 5.69 Å². The van der Waals surface area contributed by atoms with Crippen molar-refractivity contribution in [3.8, 4) is 5.75 Å². The average molecular weight is 413 g/mol. The third-order valence-corrected chi connectivity index (χ3v) is 5.20. The Hall–Kier alpha value is -3.32. The van der Waals surface area contributed by atoms with E-state index in [1.54, 1.807) is 24.5 Å². The fraction of sp³-hybridized carbons (Fsp3) is 0.190. The van der Waals surface area contributed by atoms with Gasteiger partial charge in [0, 0.05) is 29.3 Å². The number of carbonyl (C=O) groups is 2. The minimum absolute atomic E-state index is 0.137. The zero-order valence-corrected chi connectivity index (χ0v) is 16.2. The molecule has 4 rings (SSSR count). The molecule has 1 aliphatic rings. The van der Waals surface area contributed by atoms with Crippen molar-refractivity contribution in [2.45, 2.75) is 18.8 Å². The third-order valence-electron chi connectivity index (χ3n) is 4.91. The Morgan fingerprint density at radius 2 is 2.07 bits per heavy atom. The van der Waals surface area contributed by atoms with Crippen LogP contribution in [0, 0.1) is 0 Å². The van der Waals surface area contributed by atoms with Gasteiger partial charge in [-0.25, -0.2) is 0 Å². The molecule has 0 spiro atoms. The zero-order chi connectivity index (χ0) is 20.5. The standard InChI is InChI=1S/C21H17ClN2O5/c1-28-19-5-4-12(9-15(19)22)23-20(26)14-10-13-16(24-21(14)27)7-11(8-17(13)25)18-3-2-6-29-18/h2-6,9-11H,7-8H2,1H3,(H,23,26)(H,24,27)/t11-/m0/s1. The number of halogens is 1. The lowest BCUT2D eigenvalue weighted by Crippen LogP contribution is -2.29. The number of Topliss-reactive ketones (excluding diaryl/α,β-unsaturated/α-hetero) is 1. The van der Waals surface area contributed by atoms with Crippen molar-refractivity contribution < 1.29 is 18.7 Å². The van der Waals surface area contributed by atoms with Crippen LogP contribution in [-0.4, -0.2) is 23.8 Å². The molecule has 0 radical (unpaired) electrons. The fourth-order valence-electron chi connectivity index (χ4n) is 3.47. The summed E-state index contributed by atoms with van der Waals surface area (Å²) < 4.78 is 10.5. The number of furan rings is 1. The first-order chi connectivity index (χ1) is 14.0. The van der Waals surface area contributed by atoms with Gasteiger partial charge in [0.1, 0.15) is 17.1 Å². The second-order valence-electron chi connectivity index (χ2n) is 6.75. The Kier molecular flexibility index (Phi) is 4.98.